The highest BCUT2D eigenvalue weighted by Gasteiger charge is 2.28. The van der Waals surface area contributed by atoms with Crippen LogP contribution in [0.25, 0.3) is 17.2 Å². The van der Waals surface area contributed by atoms with E-state index in [2.05, 4.69) is 15.2 Å². The molecule has 132 valence electrons. The Morgan fingerprint density at radius 2 is 2.00 bits per heavy atom. The summed E-state index contributed by atoms with van der Waals surface area (Å²) >= 11 is 0. The molecule has 0 bridgehead atoms. The molecule has 2 aromatic carbocycles. The topological polar surface area (TPSA) is 58.4 Å². The van der Waals surface area contributed by atoms with Gasteiger partial charge in [0.1, 0.15) is 5.52 Å². The number of hydrogen-bond acceptors (Lipinski definition) is 4. The number of carbonyl (C=O) groups is 1. The minimum Gasteiger partial charge on any atom is -0.423 e. The van der Waals surface area contributed by atoms with E-state index in [9.17, 15) is 4.79 Å². The van der Waals surface area contributed by atoms with Gasteiger partial charge in [-0.15, -0.1) is 0 Å². The van der Waals surface area contributed by atoms with Gasteiger partial charge < -0.3 is 14.6 Å². The highest BCUT2D eigenvalue weighted by molar-refractivity contribution is 5.91. The number of oxazole rings is 1. The predicted molar refractivity (Wildman–Crippen MR) is 103 cm³/mol. The number of benzene rings is 2. The molecule has 0 spiro atoms. The number of amides is 1. The number of fused-ring (bicyclic) bond motifs is 1. The first-order valence-electron chi connectivity index (χ1n) is 8.93. The highest BCUT2D eigenvalue weighted by Crippen LogP contribution is 2.27. The minimum absolute atomic E-state index is 0.0849. The molecule has 4 rings (SSSR count). The lowest BCUT2D eigenvalue weighted by Gasteiger charge is -2.22. The molecule has 2 heterocycles. The van der Waals surface area contributed by atoms with Gasteiger partial charge >= 0.3 is 0 Å². The molecular formula is C21H21N3O2. The molecule has 1 atom stereocenters. The fourth-order valence-corrected chi connectivity index (χ4v) is 3.30. The van der Waals surface area contributed by atoms with Gasteiger partial charge in [-0.25, -0.2) is 0 Å². The molecule has 5 heteroatoms. The second-order valence-electron chi connectivity index (χ2n) is 6.44. The minimum atomic E-state index is -0.0849. The molecule has 1 N–H and O–H groups in total. The van der Waals surface area contributed by atoms with Crippen LogP contribution in [-0.2, 0) is 4.79 Å². The summed E-state index contributed by atoms with van der Waals surface area (Å²) in [5.41, 5.74) is 2.67. The molecule has 0 saturated carbocycles. The van der Waals surface area contributed by atoms with Gasteiger partial charge in [-0.3, -0.25) is 4.79 Å². The molecule has 0 radical (unpaired) electrons. The zero-order chi connectivity index (χ0) is 17.8. The summed E-state index contributed by atoms with van der Waals surface area (Å²) in [5.74, 6) is -0.0849. The second kappa shape index (κ2) is 7.44. The smallest absolute Gasteiger partial charge is 0.298 e. The number of carbonyl (C=O) groups excluding carboxylic acids is 1. The number of nitrogens with zero attached hydrogens (tertiary/aromatic N) is 2. The molecule has 5 nitrogen and oxygen atoms in total. The van der Waals surface area contributed by atoms with E-state index in [1.807, 2.05) is 60.7 Å². The Morgan fingerprint density at radius 1 is 1.19 bits per heavy atom. The highest BCUT2D eigenvalue weighted by atomic mass is 16.4. The van der Waals surface area contributed by atoms with E-state index in [1.54, 1.807) is 6.08 Å². The zero-order valence-corrected chi connectivity index (χ0v) is 14.5. The molecule has 1 aliphatic rings. The van der Waals surface area contributed by atoms with Crippen molar-refractivity contribution in [3.63, 3.8) is 0 Å². The van der Waals surface area contributed by atoms with Gasteiger partial charge in [0.15, 0.2) is 5.58 Å². The number of hydrogen-bond donors (Lipinski definition) is 1. The third-order valence-corrected chi connectivity index (χ3v) is 4.64. The van der Waals surface area contributed by atoms with Gasteiger partial charge in [0.25, 0.3) is 6.01 Å². The summed E-state index contributed by atoms with van der Waals surface area (Å²) in [7, 11) is 0. The SMILES string of the molecule is O=C(/C=C/c1ccccc1)NC[C@H]1CCCN1c1nc2ccccc2o1. The first-order chi connectivity index (χ1) is 12.8. The quantitative estimate of drug-likeness (QED) is 0.716. The lowest BCUT2D eigenvalue weighted by Crippen LogP contribution is -2.39. The van der Waals surface area contributed by atoms with Gasteiger partial charge in [0.2, 0.25) is 5.91 Å². The van der Waals surface area contributed by atoms with Crippen LogP contribution < -0.4 is 10.2 Å². The van der Waals surface area contributed by atoms with Crippen LogP contribution in [0.15, 0.2) is 65.1 Å². The molecule has 0 unspecified atom stereocenters. The molecule has 26 heavy (non-hydrogen) atoms. The van der Waals surface area contributed by atoms with Crippen molar-refractivity contribution in [2.75, 3.05) is 18.0 Å². The van der Waals surface area contributed by atoms with Crippen molar-refractivity contribution in [1.29, 1.82) is 0 Å². The average molecular weight is 347 g/mol. The van der Waals surface area contributed by atoms with Crippen LogP contribution in [0.3, 0.4) is 0 Å². The summed E-state index contributed by atoms with van der Waals surface area (Å²) in [6.07, 6.45) is 5.48. The fraction of sp³-hybridized carbons (Fsp3) is 0.238. The number of para-hydroxylation sites is 2. The standard InChI is InChI=1S/C21H21N3O2/c25-20(13-12-16-7-2-1-3-8-16)22-15-17-9-6-14-24(17)21-23-18-10-4-5-11-19(18)26-21/h1-5,7-8,10-13,17H,6,9,14-15H2,(H,22,25)/b13-12+/t17-/m1/s1. The number of nitrogens with one attached hydrogen (secondary N) is 1. The normalized spacial score (nSPS) is 17.2. The van der Waals surface area contributed by atoms with Crippen LogP contribution in [0.5, 0.6) is 0 Å². The monoisotopic (exact) mass is 347 g/mol. The molecule has 1 saturated heterocycles. The molecule has 0 aliphatic carbocycles. The van der Waals surface area contributed by atoms with Crippen LogP contribution in [0.4, 0.5) is 6.01 Å². The first-order valence-corrected chi connectivity index (χ1v) is 8.93. The molecule has 1 amide bonds. The van der Waals surface area contributed by atoms with E-state index >= 15 is 0 Å². The van der Waals surface area contributed by atoms with Crippen molar-refractivity contribution in [3.05, 3.63) is 66.2 Å². The molecule has 1 fully saturated rings. The first kappa shape index (κ1) is 16.4. The maximum absolute atomic E-state index is 12.1. The Balaban J connectivity index is 1.38. The Bertz CT molecular complexity index is 884. The summed E-state index contributed by atoms with van der Waals surface area (Å²) in [5, 5.41) is 2.99. The van der Waals surface area contributed by atoms with Gasteiger partial charge in [0.05, 0.1) is 6.04 Å². The maximum atomic E-state index is 12.1. The third-order valence-electron chi connectivity index (χ3n) is 4.64. The number of anilines is 1. The largest absolute Gasteiger partial charge is 0.423 e. The van der Waals surface area contributed by atoms with Crippen LogP contribution in [0.2, 0.25) is 0 Å². The summed E-state index contributed by atoms with van der Waals surface area (Å²) < 4.78 is 5.88. The maximum Gasteiger partial charge on any atom is 0.298 e. The van der Waals surface area contributed by atoms with Crippen molar-refractivity contribution >= 4 is 29.1 Å². The summed E-state index contributed by atoms with van der Waals surface area (Å²) in [6.45, 7) is 1.48. The third kappa shape index (κ3) is 3.61. The van der Waals surface area contributed by atoms with E-state index in [-0.39, 0.29) is 11.9 Å². The Kier molecular flexibility index (Phi) is 4.69. The van der Waals surface area contributed by atoms with Crippen molar-refractivity contribution in [1.82, 2.24) is 10.3 Å². The lowest BCUT2D eigenvalue weighted by atomic mass is 10.2. The van der Waals surface area contributed by atoms with Gasteiger partial charge in [-0.05, 0) is 36.6 Å². The van der Waals surface area contributed by atoms with E-state index in [0.717, 1.165) is 36.0 Å². The van der Waals surface area contributed by atoms with Gasteiger partial charge in [-0.2, -0.15) is 4.98 Å². The number of aromatic nitrogens is 1. The fourth-order valence-electron chi connectivity index (χ4n) is 3.30. The predicted octanol–water partition coefficient (Wildman–Crippen LogP) is 3.63. The molecular weight excluding hydrogens is 326 g/mol. The summed E-state index contributed by atoms with van der Waals surface area (Å²) in [4.78, 5) is 18.8. The van der Waals surface area contributed by atoms with Gasteiger partial charge in [-0.1, -0.05) is 42.5 Å². The number of rotatable bonds is 5. The Labute approximate surface area is 152 Å². The van der Waals surface area contributed by atoms with Crippen LogP contribution in [-0.4, -0.2) is 30.0 Å². The zero-order valence-electron chi connectivity index (χ0n) is 14.5. The van der Waals surface area contributed by atoms with Gasteiger partial charge in [0, 0.05) is 19.2 Å². The van der Waals surface area contributed by atoms with Crippen LogP contribution in [0.1, 0.15) is 18.4 Å². The van der Waals surface area contributed by atoms with Crippen molar-refractivity contribution in [2.45, 2.75) is 18.9 Å². The van der Waals surface area contributed by atoms with E-state index in [4.69, 9.17) is 4.42 Å². The van der Waals surface area contributed by atoms with E-state index in [1.165, 1.54) is 0 Å². The van der Waals surface area contributed by atoms with Crippen molar-refractivity contribution < 1.29 is 9.21 Å². The Morgan fingerprint density at radius 3 is 2.85 bits per heavy atom. The van der Waals surface area contributed by atoms with E-state index < -0.39 is 0 Å². The summed E-state index contributed by atoms with van der Waals surface area (Å²) in [6, 6.07) is 18.4. The molecule has 1 aliphatic heterocycles. The lowest BCUT2D eigenvalue weighted by molar-refractivity contribution is -0.116. The van der Waals surface area contributed by atoms with Crippen molar-refractivity contribution in [3.8, 4) is 0 Å². The van der Waals surface area contributed by atoms with E-state index in [0.29, 0.717) is 12.6 Å². The van der Waals surface area contributed by atoms with Crippen LogP contribution in [0, 0.1) is 0 Å². The Hall–Kier alpha value is -3.08. The molecule has 3 aromatic rings. The molecule has 1 aromatic heterocycles. The van der Waals surface area contributed by atoms with Crippen LogP contribution >= 0.6 is 0 Å². The average Bonchev–Trinajstić information content (AvgIpc) is 3.31. The second-order valence-corrected chi connectivity index (χ2v) is 6.44. The van der Waals surface area contributed by atoms with Crippen molar-refractivity contribution in [2.24, 2.45) is 0 Å².